The van der Waals surface area contributed by atoms with Crippen LogP contribution in [0.4, 0.5) is 4.79 Å². The van der Waals surface area contributed by atoms with Crippen LogP contribution in [0.3, 0.4) is 0 Å². The second kappa shape index (κ2) is 5.34. The highest BCUT2D eigenvalue weighted by molar-refractivity contribution is 5.74. The summed E-state index contributed by atoms with van der Waals surface area (Å²) in [5.41, 5.74) is 2.69. The van der Waals surface area contributed by atoms with Crippen LogP contribution in [0, 0.1) is 0 Å². The smallest absolute Gasteiger partial charge is 0.315 e. The molecule has 0 spiro atoms. The molecule has 1 heterocycles. The highest BCUT2D eigenvalue weighted by atomic mass is 16.5. The van der Waals surface area contributed by atoms with Crippen molar-refractivity contribution in [2.24, 2.45) is 0 Å². The molecule has 1 aliphatic carbocycles. The minimum atomic E-state index is -0.592. The van der Waals surface area contributed by atoms with E-state index in [0.29, 0.717) is 12.1 Å². The molecule has 0 saturated carbocycles. The summed E-state index contributed by atoms with van der Waals surface area (Å²) in [6, 6.07) is 8.69. The second-order valence-electron chi connectivity index (χ2n) is 4.77. The molecule has 0 saturated heterocycles. The molecule has 0 radical (unpaired) electrons. The van der Waals surface area contributed by atoms with E-state index in [9.17, 15) is 9.90 Å². The zero-order valence-corrected chi connectivity index (χ0v) is 10.7. The van der Waals surface area contributed by atoms with Gasteiger partial charge in [-0.3, -0.25) is 0 Å². The number of amides is 2. The molecule has 0 aliphatic heterocycles. The molecule has 3 rings (SSSR count). The summed E-state index contributed by atoms with van der Waals surface area (Å²) < 4.78 is 4.68. The number of nitrogens with zero attached hydrogens (tertiary/aromatic N) is 1. The fourth-order valence-corrected chi connectivity index (χ4v) is 2.44. The van der Waals surface area contributed by atoms with Crippen LogP contribution in [-0.4, -0.2) is 22.4 Å². The van der Waals surface area contributed by atoms with Crippen molar-refractivity contribution in [2.45, 2.75) is 25.1 Å². The van der Waals surface area contributed by atoms with Crippen LogP contribution < -0.4 is 10.6 Å². The Bertz CT molecular complexity index is 597. The average Bonchev–Trinajstić information content (AvgIpc) is 3.06. The molecule has 6 heteroatoms. The Kier molecular flexibility index (Phi) is 3.39. The monoisotopic (exact) mass is 273 g/mol. The molecule has 6 nitrogen and oxygen atoms in total. The van der Waals surface area contributed by atoms with E-state index in [1.165, 1.54) is 6.26 Å². The van der Waals surface area contributed by atoms with Gasteiger partial charge in [-0.2, -0.15) is 0 Å². The molecule has 3 N–H and O–H groups in total. The Balaban J connectivity index is 1.61. The van der Waals surface area contributed by atoms with Crippen molar-refractivity contribution in [2.75, 3.05) is 0 Å². The van der Waals surface area contributed by atoms with E-state index in [1.54, 1.807) is 6.07 Å². The Morgan fingerprint density at radius 3 is 3.05 bits per heavy atom. The van der Waals surface area contributed by atoms with Crippen molar-refractivity contribution in [1.82, 2.24) is 15.8 Å². The van der Waals surface area contributed by atoms with E-state index < -0.39 is 6.10 Å². The van der Waals surface area contributed by atoms with Gasteiger partial charge in [-0.1, -0.05) is 29.4 Å². The van der Waals surface area contributed by atoms with Gasteiger partial charge in [0.15, 0.2) is 0 Å². The van der Waals surface area contributed by atoms with Gasteiger partial charge in [-0.25, -0.2) is 4.79 Å². The largest absolute Gasteiger partial charge is 0.390 e. The lowest BCUT2D eigenvalue weighted by atomic mass is 10.1. The molecule has 20 heavy (non-hydrogen) atoms. The van der Waals surface area contributed by atoms with Gasteiger partial charge in [0.2, 0.25) is 0 Å². The predicted octanol–water partition coefficient (Wildman–Crippen LogP) is 1.13. The normalized spacial score (nSPS) is 20.4. The Labute approximate surface area is 115 Å². The van der Waals surface area contributed by atoms with Gasteiger partial charge in [-0.05, 0) is 11.1 Å². The number of carbonyl (C=O) groups excluding carboxylic acids is 1. The number of benzene rings is 1. The SMILES string of the molecule is O=C(NCc1ccon1)NC1c2ccccc2CC1O. The zero-order chi connectivity index (χ0) is 13.9. The van der Waals surface area contributed by atoms with Crippen molar-refractivity contribution in [3.63, 3.8) is 0 Å². The molecule has 1 aliphatic rings. The van der Waals surface area contributed by atoms with Crippen molar-refractivity contribution >= 4 is 6.03 Å². The fraction of sp³-hybridized carbons (Fsp3) is 0.286. The number of fused-ring (bicyclic) bond motifs is 1. The van der Waals surface area contributed by atoms with E-state index in [1.807, 2.05) is 24.3 Å². The van der Waals surface area contributed by atoms with Gasteiger partial charge in [0.25, 0.3) is 0 Å². The van der Waals surface area contributed by atoms with Crippen molar-refractivity contribution in [3.8, 4) is 0 Å². The van der Waals surface area contributed by atoms with Crippen LogP contribution in [0.2, 0.25) is 0 Å². The van der Waals surface area contributed by atoms with Crippen LogP contribution in [0.15, 0.2) is 41.1 Å². The lowest BCUT2D eigenvalue weighted by Crippen LogP contribution is -2.40. The number of aliphatic hydroxyl groups excluding tert-OH is 1. The number of urea groups is 1. The highest BCUT2D eigenvalue weighted by Crippen LogP contribution is 2.30. The zero-order valence-electron chi connectivity index (χ0n) is 10.7. The minimum absolute atomic E-state index is 0.285. The third-order valence-corrected chi connectivity index (χ3v) is 3.41. The highest BCUT2D eigenvalue weighted by Gasteiger charge is 2.31. The number of rotatable bonds is 3. The van der Waals surface area contributed by atoms with Gasteiger partial charge in [0, 0.05) is 12.5 Å². The van der Waals surface area contributed by atoms with Gasteiger partial charge in [0.05, 0.1) is 18.7 Å². The summed E-state index contributed by atoms with van der Waals surface area (Å²) in [6.07, 6.45) is 1.42. The quantitative estimate of drug-likeness (QED) is 0.782. The Hall–Kier alpha value is -2.34. The first-order chi connectivity index (χ1) is 9.74. The van der Waals surface area contributed by atoms with E-state index in [2.05, 4.69) is 20.3 Å². The molecule has 2 aromatic rings. The summed E-state index contributed by atoms with van der Waals surface area (Å²) in [5.74, 6) is 0. The summed E-state index contributed by atoms with van der Waals surface area (Å²) in [7, 11) is 0. The van der Waals surface area contributed by atoms with E-state index >= 15 is 0 Å². The van der Waals surface area contributed by atoms with Crippen molar-refractivity contribution < 1.29 is 14.4 Å². The lowest BCUT2D eigenvalue weighted by molar-refractivity contribution is 0.142. The summed E-state index contributed by atoms with van der Waals surface area (Å²) in [5, 5.41) is 19.2. The third-order valence-electron chi connectivity index (χ3n) is 3.41. The van der Waals surface area contributed by atoms with Gasteiger partial charge in [-0.15, -0.1) is 0 Å². The van der Waals surface area contributed by atoms with Gasteiger partial charge < -0.3 is 20.3 Å². The lowest BCUT2D eigenvalue weighted by Gasteiger charge is -2.18. The van der Waals surface area contributed by atoms with Crippen LogP contribution in [0.1, 0.15) is 22.9 Å². The Morgan fingerprint density at radius 2 is 2.25 bits per heavy atom. The number of aromatic nitrogens is 1. The summed E-state index contributed by atoms with van der Waals surface area (Å²) >= 11 is 0. The summed E-state index contributed by atoms with van der Waals surface area (Å²) in [6.45, 7) is 0.285. The number of hydrogen-bond donors (Lipinski definition) is 3. The van der Waals surface area contributed by atoms with Gasteiger partial charge in [0.1, 0.15) is 12.0 Å². The maximum Gasteiger partial charge on any atom is 0.315 e. The fourth-order valence-electron chi connectivity index (χ4n) is 2.44. The number of hydrogen-bond acceptors (Lipinski definition) is 4. The molecular formula is C14H15N3O3. The average molecular weight is 273 g/mol. The molecule has 2 atom stereocenters. The second-order valence-corrected chi connectivity index (χ2v) is 4.77. The van der Waals surface area contributed by atoms with Crippen LogP contribution in [-0.2, 0) is 13.0 Å². The topological polar surface area (TPSA) is 87.4 Å². The molecule has 1 aromatic carbocycles. The minimum Gasteiger partial charge on any atom is -0.390 e. The molecule has 1 aromatic heterocycles. The molecule has 2 unspecified atom stereocenters. The first kappa shape index (κ1) is 12.7. The summed E-state index contributed by atoms with van der Waals surface area (Å²) in [4.78, 5) is 11.9. The predicted molar refractivity (Wildman–Crippen MR) is 70.8 cm³/mol. The first-order valence-electron chi connectivity index (χ1n) is 6.43. The van der Waals surface area contributed by atoms with Crippen molar-refractivity contribution in [3.05, 3.63) is 53.4 Å². The molecule has 0 fully saturated rings. The molecule has 0 bridgehead atoms. The first-order valence-corrected chi connectivity index (χ1v) is 6.43. The molecule has 2 amide bonds. The standard InChI is InChI=1S/C14H15N3O3/c18-12-7-9-3-1-2-4-11(9)13(12)16-14(19)15-8-10-5-6-20-17-10/h1-6,12-13,18H,7-8H2,(H2,15,16,19). The number of carbonyl (C=O) groups is 1. The van der Waals surface area contributed by atoms with Crippen molar-refractivity contribution in [1.29, 1.82) is 0 Å². The maximum atomic E-state index is 11.9. The molecular weight excluding hydrogens is 258 g/mol. The van der Waals surface area contributed by atoms with E-state index in [4.69, 9.17) is 0 Å². The van der Waals surface area contributed by atoms with Crippen LogP contribution in [0.25, 0.3) is 0 Å². The number of aliphatic hydroxyl groups is 1. The Morgan fingerprint density at radius 1 is 1.40 bits per heavy atom. The third kappa shape index (κ3) is 2.50. The number of nitrogens with one attached hydrogen (secondary N) is 2. The molecule has 104 valence electrons. The van der Waals surface area contributed by atoms with E-state index in [-0.39, 0.29) is 18.6 Å². The van der Waals surface area contributed by atoms with Gasteiger partial charge >= 0.3 is 6.03 Å². The van der Waals surface area contributed by atoms with E-state index in [0.717, 1.165) is 11.1 Å². The maximum absolute atomic E-state index is 11.9. The van der Waals surface area contributed by atoms with Crippen LogP contribution >= 0.6 is 0 Å². The van der Waals surface area contributed by atoms with Crippen LogP contribution in [0.5, 0.6) is 0 Å².